The van der Waals surface area contributed by atoms with Gasteiger partial charge < -0.3 is 4.40 Å². The number of pyridine rings is 3. The van der Waals surface area contributed by atoms with Gasteiger partial charge in [-0.05, 0) is 35.9 Å². The lowest BCUT2D eigenvalue weighted by molar-refractivity contribution is 0.796. The lowest BCUT2D eigenvalue weighted by atomic mass is 9.96. The van der Waals surface area contributed by atoms with Gasteiger partial charge in [0.25, 0.3) is 0 Å². The number of benzene rings is 3. The molecule has 29 heavy (non-hydrogen) atoms. The summed E-state index contributed by atoms with van der Waals surface area (Å²) >= 11 is 0. The molecule has 0 saturated carbocycles. The number of fused-ring (bicyclic) bond motifs is 2. The third-order valence-electron chi connectivity index (χ3n) is 6.22. The molecule has 6 rings (SSSR count). The molecule has 3 heterocycles. The summed E-state index contributed by atoms with van der Waals surface area (Å²) in [4.78, 5) is 26.3. The third kappa shape index (κ3) is 2.13. The SMILES string of the molecule is CCCCc1cc2c(=O)cc3c4cccc5cccc(c54)c4cc(=O)c(c1)c2n34. The quantitative estimate of drug-likeness (QED) is 0.302. The highest BCUT2D eigenvalue weighted by Crippen LogP contribution is 2.35. The third-order valence-corrected chi connectivity index (χ3v) is 6.22. The van der Waals surface area contributed by atoms with E-state index in [-0.39, 0.29) is 10.9 Å². The van der Waals surface area contributed by atoms with Gasteiger partial charge in [-0.3, -0.25) is 9.59 Å². The van der Waals surface area contributed by atoms with Gasteiger partial charge >= 0.3 is 0 Å². The van der Waals surface area contributed by atoms with E-state index in [1.165, 1.54) is 0 Å². The van der Waals surface area contributed by atoms with E-state index < -0.39 is 0 Å². The van der Waals surface area contributed by atoms with Crippen molar-refractivity contribution in [3.8, 4) is 0 Å². The van der Waals surface area contributed by atoms with Crippen molar-refractivity contribution in [3.63, 3.8) is 0 Å². The summed E-state index contributed by atoms with van der Waals surface area (Å²) in [7, 11) is 0. The fourth-order valence-corrected chi connectivity index (χ4v) is 4.90. The van der Waals surface area contributed by atoms with Crippen LogP contribution in [0.15, 0.2) is 70.3 Å². The Kier molecular flexibility index (Phi) is 3.28. The summed E-state index contributed by atoms with van der Waals surface area (Å²) in [6.45, 7) is 2.15. The van der Waals surface area contributed by atoms with Crippen molar-refractivity contribution in [3.05, 3.63) is 86.7 Å². The summed E-state index contributed by atoms with van der Waals surface area (Å²) in [5, 5.41) is 5.60. The topological polar surface area (TPSA) is 38.5 Å². The molecule has 0 bridgehead atoms. The molecule has 3 aromatic carbocycles. The maximum absolute atomic E-state index is 13.2. The van der Waals surface area contributed by atoms with Crippen LogP contribution in [0.4, 0.5) is 0 Å². The van der Waals surface area contributed by atoms with Crippen LogP contribution in [0.25, 0.3) is 48.9 Å². The average molecular weight is 377 g/mol. The molecular formula is C26H19NO2. The van der Waals surface area contributed by atoms with Gasteiger partial charge in [0.2, 0.25) is 0 Å². The molecule has 0 unspecified atom stereocenters. The summed E-state index contributed by atoms with van der Waals surface area (Å²) in [6, 6.07) is 19.8. The van der Waals surface area contributed by atoms with Crippen LogP contribution in [0.3, 0.4) is 0 Å². The average Bonchev–Trinajstić information content (AvgIpc) is 2.74. The Balaban J connectivity index is 1.94. The van der Waals surface area contributed by atoms with Gasteiger partial charge in [0, 0.05) is 39.1 Å². The molecule has 140 valence electrons. The van der Waals surface area contributed by atoms with Crippen LogP contribution in [0.1, 0.15) is 25.3 Å². The molecule has 0 aliphatic heterocycles. The molecule has 0 saturated heterocycles. The Morgan fingerprint density at radius 3 is 1.90 bits per heavy atom. The molecule has 0 aliphatic rings. The van der Waals surface area contributed by atoms with Gasteiger partial charge in [-0.25, -0.2) is 0 Å². The zero-order valence-corrected chi connectivity index (χ0v) is 16.2. The molecular weight excluding hydrogens is 358 g/mol. The molecule has 0 fully saturated rings. The van der Waals surface area contributed by atoms with E-state index in [2.05, 4.69) is 35.6 Å². The van der Waals surface area contributed by atoms with Crippen LogP contribution in [-0.2, 0) is 6.42 Å². The van der Waals surface area contributed by atoms with E-state index in [1.54, 1.807) is 12.1 Å². The summed E-state index contributed by atoms with van der Waals surface area (Å²) in [5.74, 6) is 0. The highest BCUT2D eigenvalue weighted by atomic mass is 16.1. The Labute approximate surface area is 166 Å². The summed E-state index contributed by atoms with van der Waals surface area (Å²) in [6.07, 6.45) is 3.00. The van der Waals surface area contributed by atoms with E-state index in [0.29, 0.717) is 10.8 Å². The first-order valence-electron chi connectivity index (χ1n) is 10.2. The lowest BCUT2D eigenvalue weighted by Crippen LogP contribution is -2.13. The van der Waals surface area contributed by atoms with E-state index in [0.717, 1.165) is 62.9 Å². The van der Waals surface area contributed by atoms with Crippen LogP contribution in [0.5, 0.6) is 0 Å². The fraction of sp³-hybridized carbons (Fsp3) is 0.154. The van der Waals surface area contributed by atoms with Crippen molar-refractivity contribution < 1.29 is 0 Å². The van der Waals surface area contributed by atoms with Crippen LogP contribution in [-0.4, -0.2) is 4.40 Å². The Morgan fingerprint density at radius 1 is 0.759 bits per heavy atom. The Morgan fingerprint density at radius 2 is 1.34 bits per heavy atom. The van der Waals surface area contributed by atoms with Crippen molar-refractivity contribution in [2.45, 2.75) is 26.2 Å². The predicted octanol–water partition coefficient (Wildman–Crippen LogP) is 5.49. The van der Waals surface area contributed by atoms with Gasteiger partial charge in [0.1, 0.15) is 0 Å². The number of nitrogens with zero attached hydrogens (tertiary/aromatic N) is 1. The minimum atomic E-state index is -0.0173. The van der Waals surface area contributed by atoms with Crippen LogP contribution in [0.2, 0.25) is 0 Å². The van der Waals surface area contributed by atoms with Gasteiger partial charge in [0.15, 0.2) is 10.9 Å². The maximum Gasteiger partial charge on any atom is 0.190 e. The normalized spacial score (nSPS) is 12.3. The van der Waals surface area contributed by atoms with E-state index in [4.69, 9.17) is 0 Å². The van der Waals surface area contributed by atoms with Crippen molar-refractivity contribution in [1.82, 2.24) is 4.40 Å². The van der Waals surface area contributed by atoms with Crippen molar-refractivity contribution >= 4 is 48.9 Å². The predicted molar refractivity (Wildman–Crippen MR) is 121 cm³/mol. The van der Waals surface area contributed by atoms with Crippen LogP contribution in [0, 0.1) is 0 Å². The number of aromatic nitrogens is 1. The molecule has 3 aromatic heterocycles. The van der Waals surface area contributed by atoms with Gasteiger partial charge in [-0.2, -0.15) is 0 Å². The van der Waals surface area contributed by atoms with Crippen LogP contribution >= 0.6 is 0 Å². The number of aryl methyl sites for hydroxylation is 1. The number of hydrogen-bond donors (Lipinski definition) is 0. The van der Waals surface area contributed by atoms with Crippen molar-refractivity contribution in [2.75, 3.05) is 0 Å². The highest BCUT2D eigenvalue weighted by Gasteiger charge is 2.18. The van der Waals surface area contributed by atoms with Gasteiger partial charge in [0.05, 0.1) is 16.6 Å². The molecule has 0 aliphatic carbocycles. The Hall–Kier alpha value is -3.46. The standard InChI is InChI=1S/C26H19NO2/c1-2-3-6-15-11-19-23(28)13-21-17-9-4-7-16-8-5-10-18(25(16)17)22-14-24(29)20(12-15)26(19)27(21)22/h4-5,7-14H,2-3,6H2,1H3. The zero-order chi connectivity index (χ0) is 19.7. The molecule has 0 amide bonds. The minimum absolute atomic E-state index is 0.0173. The first-order valence-corrected chi connectivity index (χ1v) is 10.2. The second kappa shape index (κ2) is 5.77. The molecule has 0 radical (unpaired) electrons. The van der Waals surface area contributed by atoms with E-state index in [1.807, 2.05) is 24.3 Å². The second-order valence-corrected chi connectivity index (χ2v) is 7.98. The smallest absolute Gasteiger partial charge is 0.190 e. The number of rotatable bonds is 3. The first-order chi connectivity index (χ1) is 14.2. The first kappa shape index (κ1) is 16.5. The summed E-state index contributed by atoms with van der Waals surface area (Å²) in [5.41, 5.74) is 3.52. The second-order valence-electron chi connectivity index (χ2n) is 7.98. The lowest BCUT2D eigenvalue weighted by Gasteiger charge is -2.18. The monoisotopic (exact) mass is 377 g/mol. The number of hydrogen-bond acceptors (Lipinski definition) is 2. The van der Waals surface area contributed by atoms with Gasteiger partial charge in [-0.1, -0.05) is 49.7 Å². The molecule has 6 aromatic rings. The number of unbranched alkanes of at least 4 members (excludes halogenated alkanes) is 1. The molecule has 0 N–H and O–H groups in total. The van der Waals surface area contributed by atoms with Crippen molar-refractivity contribution in [1.29, 1.82) is 0 Å². The van der Waals surface area contributed by atoms with E-state index in [9.17, 15) is 9.59 Å². The summed E-state index contributed by atoms with van der Waals surface area (Å²) < 4.78 is 2.12. The minimum Gasteiger partial charge on any atom is -0.307 e. The molecule has 3 heteroatoms. The van der Waals surface area contributed by atoms with Crippen molar-refractivity contribution in [2.24, 2.45) is 0 Å². The maximum atomic E-state index is 13.2. The molecule has 0 spiro atoms. The van der Waals surface area contributed by atoms with Gasteiger partial charge in [-0.15, -0.1) is 0 Å². The van der Waals surface area contributed by atoms with E-state index >= 15 is 0 Å². The fourth-order valence-electron chi connectivity index (χ4n) is 4.90. The highest BCUT2D eigenvalue weighted by molar-refractivity contribution is 6.22. The molecule has 3 nitrogen and oxygen atoms in total. The van der Waals surface area contributed by atoms with Crippen LogP contribution < -0.4 is 10.9 Å². The Bertz CT molecular complexity index is 1560. The zero-order valence-electron chi connectivity index (χ0n) is 16.2. The molecule has 0 atom stereocenters. The largest absolute Gasteiger partial charge is 0.307 e.